The summed E-state index contributed by atoms with van der Waals surface area (Å²) in [6.07, 6.45) is 0. The molecule has 1 atom stereocenters. The van der Waals surface area contributed by atoms with Crippen LogP contribution >= 0.6 is 11.8 Å². The second-order valence-corrected chi connectivity index (χ2v) is 6.20. The van der Waals surface area contributed by atoms with Crippen LogP contribution in [0.2, 0.25) is 0 Å². The van der Waals surface area contributed by atoms with Gasteiger partial charge in [0.2, 0.25) is 0 Å². The number of rotatable bonds is 3. The Balaban J connectivity index is 1.91. The van der Waals surface area contributed by atoms with E-state index in [1.165, 1.54) is 23.2 Å². The van der Waals surface area contributed by atoms with Gasteiger partial charge in [-0.3, -0.25) is 0 Å². The maximum Gasteiger partial charge on any atom is 0.137 e. The molecule has 0 heterocycles. The van der Waals surface area contributed by atoms with Crippen molar-refractivity contribution in [1.82, 2.24) is 0 Å². The number of nitrogens with two attached hydrogens (primary N) is 1. The van der Waals surface area contributed by atoms with Crippen molar-refractivity contribution in [2.75, 3.05) is 0 Å². The largest absolute Gasteiger partial charge is 0.324 e. The van der Waals surface area contributed by atoms with Crippen LogP contribution in [0.5, 0.6) is 0 Å². The number of halogens is 1. The molecule has 0 bridgehead atoms. The first kappa shape index (κ1) is 14.1. The van der Waals surface area contributed by atoms with E-state index in [1.807, 2.05) is 31.2 Å². The van der Waals surface area contributed by atoms with Crippen LogP contribution < -0.4 is 5.73 Å². The summed E-state index contributed by atoms with van der Waals surface area (Å²) < 4.78 is 14.1. The van der Waals surface area contributed by atoms with Gasteiger partial charge in [-0.05, 0) is 47.5 Å². The summed E-state index contributed by atoms with van der Waals surface area (Å²) in [6, 6.07) is 19.4. The van der Waals surface area contributed by atoms with Gasteiger partial charge >= 0.3 is 0 Å². The van der Waals surface area contributed by atoms with E-state index < -0.39 is 0 Å². The molecule has 1 nitrogen and oxygen atoms in total. The van der Waals surface area contributed by atoms with Crippen molar-refractivity contribution in [3.8, 4) is 0 Å². The van der Waals surface area contributed by atoms with E-state index in [0.717, 1.165) is 15.8 Å². The van der Waals surface area contributed by atoms with Gasteiger partial charge < -0.3 is 5.73 Å². The highest BCUT2D eigenvalue weighted by molar-refractivity contribution is 7.99. The molecule has 21 heavy (non-hydrogen) atoms. The molecular weight excluding hydrogens is 281 g/mol. The van der Waals surface area contributed by atoms with E-state index in [1.54, 1.807) is 6.07 Å². The Labute approximate surface area is 128 Å². The molecule has 3 heteroatoms. The van der Waals surface area contributed by atoms with Crippen molar-refractivity contribution in [3.05, 3.63) is 72.0 Å². The van der Waals surface area contributed by atoms with Crippen LogP contribution in [0.15, 0.2) is 70.5 Å². The quantitative estimate of drug-likeness (QED) is 0.723. The monoisotopic (exact) mass is 297 g/mol. The summed E-state index contributed by atoms with van der Waals surface area (Å²) in [4.78, 5) is 1.65. The highest BCUT2D eigenvalue weighted by Gasteiger charge is 2.08. The Kier molecular flexibility index (Phi) is 3.95. The third kappa shape index (κ3) is 3.09. The summed E-state index contributed by atoms with van der Waals surface area (Å²) in [6.45, 7) is 1.85. The molecule has 0 radical (unpaired) electrons. The minimum atomic E-state index is -0.219. The molecule has 3 rings (SSSR count). The van der Waals surface area contributed by atoms with Crippen molar-refractivity contribution in [2.24, 2.45) is 5.73 Å². The van der Waals surface area contributed by atoms with E-state index in [-0.39, 0.29) is 11.9 Å². The summed E-state index contributed by atoms with van der Waals surface area (Å²) in [7, 11) is 0. The second kappa shape index (κ2) is 5.88. The molecule has 0 saturated heterocycles. The normalized spacial score (nSPS) is 12.5. The topological polar surface area (TPSA) is 26.0 Å². The van der Waals surface area contributed by atoms with Crippen molar-refractivity contribution in [1.29, 1.82) is 0 Å². The van der Waals surface area contributed by atoms with Crippen LogP contribution in [0.1, 0.15) is 18.5 Å². The van der Waals surface area contributed by atoms with Crippen molar-refractivity contribution in [2.45, 2.75) is 22.8 Å². The molecule has 0 aliphatic rings. The van der Waals surface area contributed by atoms with E-state index in [0.29, 0.717) is 4.90 Å². The molecule has 106 valence electrons. The van der Waals surface area contributed by atoms with Gasteiger partial charge in [0.05, 0.1) is 0 Å². The van der Waals surface area contributed by atoms with Gasteiger partial charge in [-0.25, -0.2) is 4.39 Å². The Hall–Kier alpha value is -1.84. The van der Waals surface area contributed by atoms with Gasteiger partial charge in [0.1, 0.15) is 5.82 Å². The third-order valence-electron chi connectivity index (χ3n) is 3.43. The zero-order valence-corrected chi connectivity index (χ0v) is 12.5. The molecule has 3 aromatic carbocycles. The Morgan fingerprint density at radius 1 is 0.952 bits per heavy atom. The lowest BCUT2D eigenvalue weighted by Gasteiger charge is -2.09. The van der Waals surface area contributed by atoms with Crippen molar-refractivity contribution < 1.29 is 4.39 Å². The van der Waals surface area contributed by atoms with Gasteiger partial charge in [0.25, 0.3) is 0 Å². The van der Waals surface area contributed by atoms with E-state index in [9.17, 15) is 4.39 Å². The van der Waals surface area contributed by atoms with Crippen LogP contribution in [0.3, 0.4) is 0 Å². The highest BCUT2D eigenvalue weighted by Crippen LogP contribution is 2.32. The van der Waals surface area contributed by atoms with E-state index in [2.05, 4.69) is 24.3 Å². The molecule has 0 aromatic heterocycles. The molecular formula is C18H16FNS. The van der Waals surface area contributed by atoms with Crippen LogP contribution in [-0.4, -0.2) is 0 Å². The number of hydrogen-bond donors (Lipinski definition) is 1. The number of fused-ring (bicyclic) bond motifs is 1. The molecule has 1 unspecified atom stereocenters. The van der Waals surface area contributed by atoms with Gasteiger partial charge in [-0.1, -0.05) is 48.2 Å². The molecule has 0 saturated carbocycles. The van der Waals surface area contributed by atoms with Gasteiger partial charge in [-0.2, -0.15) is 0 Å². The van der Waals surface area contributed by atoms with Crippen molar-refractivity contribution in [3.63, 3.8) is 0 Å². The van der Waals surface area contributed by atoms with Crippen LogP contribution in [0.25, 0.3) is 10.8 Å². The first-order valence-electron chi connectivity index (χ1n) is 6.85. The molecule has 0 fully saturated rings. The standard InChI is InChI=1S/C18H16FNS/c1-12(20)14-7-9-18(17(19)11-14)21-16-8-6-13-4-2-3-5-15(13)10-16/h2-12H,20H2,1H3. The minimum Gasteiger partial charge on any atom is -0.324 e. The summed E-state index contributed by atoms with van der Waals surface area (Å²) in [5, 5.41) is 2.35. The molecule has 3 aromatic rings. The Morgan fingerprint density at radius 3 is 2.43 bits per heavy atom. The molecule has 0 spiro atoms. The maximum atomic E-state index is 14.1. The van der Waals surface area contributed by atoms with Crippen LogP contribution in [0, 0.1) is 5.82 Å². The average Bonchev–Trinajstić information content (AvgIpc) is 2.49. The fourth-order valence-electron chi connectivity index (χ4n) is 2.24. The van der Waals surface area contributed by atoms with E-state index in [4.69, 9.17) is 5.73 Å². The fourth-order valence-corrected chi connectivity index (χ4v) is 3.11. The zero-order chi connectivity index (χ0) is 14.8. The first-order chi connectivity index (χ1) is 10.1. The summed E-state index contributed by atoms with van der Waals surface area (Å²) >= 11 is 1.43. The number of benzene rings is 3. The lowest BCUT2D eigenvalue weighted by atomic mass is 10.1. The van der Waals surface area contributed by atoms with Gasteiger partial charge in [0.15, 0.2) is 0 Å². The predicted molar refractivity (Wildman–Crippen MR) is 87.1 cm³/mol. The predicted octanol–water partition coefficient (Wildman–Crippen LogP) is 5.15. The minimum absolute atomic E-state index is 0.154. The van der Waals surface area contributed by atoms with Gasteiger partial charge in [-0.15, -0.1) is 0 Å². The van der Waals surface area contributed by atoms with Gasteiger partial charge in [0, 0.05) is 15.8 Å². The number of hydrogen-bond acceptors (Lipinski definition) is 2. The highest BCUT2D eigenvalue weighted by atomic mass is 32.2. The molecule has 2 N–H and O–H groups in total. The third-order valence-corrected chi connectivity index (χ3v) is 4.47. The zero-order valence-electron chi connectivity index (χ0n) is 11.7. The molecule has 0 aliphatic carbocycles. The smallest absolute Gasteiger partial charge is 0.137 e. The summed E-state index contributed by atoms with van der Waals surface area (Å²) in [5.74, 6) is -0.219. The Bertz CT molecular complexity index is 783. The Morgan fingerprint density at radius 2 is 1.71 bits per heavy atom. The molecule has 0 amide bonds. The maximum absolute atomic E-state index is 14.1. The lowest BCUT2D eigenvalue weighted by Crippen LogP contribution is -2.05. The van der Waals surface area contributed by atoms with E-state index >= 15 is 0 Å². The summed E-state index contributed by atoms with van der Waals surface area (Å²) in [5.41, 5.74) is 6.59. The average molecular weight is 297 g/mol. The molecule has 0 aliphatic heterocycles. The first-order valence-corrected chi connectivity index (χ1v) is 7.67. The van der Waals surface area contributed by atoms with Crippen LogP contribution in [-0.2, 0) is 0 Å². The SMILES string of the molecule is CC(N)c1ccc(Sc2ccc3ccccc3c2)c(F)c1. The second-order valence-electron chi connectivity index (χ2n) is 5.09. The lowest BCUT2D eigenvalue weighted by molar-refractivity contribution is 0.596. The van der Waals surface area contributed by atoms with Crippen LogP contribution in [0.4, 0.5) is 4.39 Å². The fraction of sp³-hybridized carbons (Fsp3) is 0.111. The van der Waals surface area contributed by atoms with Crippen molar-refractivity contribution >= 4 is 22.5 Å².